The van der Waals surface area contributed by atoms with Crippen molar-refractivity contribution < 1.29 is 4.74 Å². The highest BCUT2D eigenvalue weighted by Crippen LogP contribution is 2.22. The van der Waals surface area contributed by atoms with Gasteiger partial charge in [0.25, 0.3) is 0 Å². The van der Waals surface area contributed by atoms with Gasteiger partial charge in [0.1, 0.15) is 5.82 Å². The van der Waals surface area contributed by atoms with E-state index in [4.69, 9.17) is 4.74 Å². The van der Waals surface area contributed by atoms with Gasteiger partial charge in [-0.3, -0.25) is 0 Å². The van der Waals surface area contributed by atoms with E-state index in [1.807, 2.05) is 18.7 Å². The Balaban J connectivity index is 1.88. The number of aromatic nitrogens is 3. The standard InChI is InChI=1S/C10H18N4OS/c1-11-6-9-12-13-10(14(9)2)16-7-8-4-3-5-15-8/h8,11H,3-7H2,1-2H3. The zero-order valence-electron chi connectivity index (χ0n) is 9.77. The molecule has 0 spiro atoms. The number of nitrogens with zero attached hydrogens (tertiary/aromatic N) is 3. The van der Waals surface area contributed by atoms with Crippen LogP contribution >= 0.6 is 11.8 Å². The van der Waals surface area contributed by atoms with E-state index >= 15 is 0 Å². The smallest absolute Gasteiger partial charge is 0.191 e. The lowest BCUT2D eigenvalue weighted by Gasteiger charge is -2.08. The van der Waals surface area contributed by atoms with Crippen LogP contribution in [-0.2, 0) is 18.3 Å². The van der Waals surface area contributed by atoms with Crippen LogP contribution in [0.1, 0.15) is 18.7 Å². The summed E-state index contributed by atoms with van der Waals surface area (Å²) in [6.07, 6.45) is 2.76. The first-order chi connectivity index (χ1) is 7.81. The summed E-state index contributed by atoms with van der Waals surface area (Å²) in [4.78, 5) is 0. The summed E-state index contributed by atoms with van der Waals surface area (Å²) < 4.78 is 7.62. The Kier molecular flexibility index (Phi) is 4.20. The molecule has 0 saturated carbocycles. The molecule has 1 N–H and O–H groups in total. The second-order valence-corrected chi connectivity index (χ2v) is 4.92. The normalized spacial score (nSPS) is 20.5. The molecule has 1 aliphatic heterocycles. The number of hydrogen-bond acceptors (Lipinski definition) is 5. The Morgan fingerprint density at radius 3 is 3.12 bits per heavy atom. The molecule has 0 aromatic carbocycles. The van der Waals surface area contributed by atoms with Crippen LogP contribution in [0.15, 0.2) is 5.16 Å². The minimum absolute atomic E-state index is 0.398. The molecule has 1 aromatic heterocycles. The predicted molar refractivity (Wildman–Crippen MR) is 63.5 cm³/mol. The second kappa shape index (κ2) is 5.65. The highest BCUT2D eigenvalue weighted by atomic mass is 32.2. The lowest BCUT2D eigenvalue weighted by molar-refractivity contribution is 0.129. The Morgan fingerprint density at radius 2 is 2.44 bits per heavy atom. The summed E-state index contributed by atoms with van der Waals surface area (Å²) >= 11 is 1.73. The van der Waals surface area contributed by atoms with Crippen LogP contribution in [0.3, 0.4) is 0 Å². The van der Waals surface area contributed by atoms with E-state index in [9.17, 15) is 0 Å². The van der Waals surface area contributed by atoms with E-state index in [1.54, 1.807) is 11.8 Å². The first kappa shape index (κ1) is 11.9. The maximum Gasteiger partial charge on any atom is 0.191 e. The second-order valence-electron chi connectivity index (χ2n) is 3.93. The Bertz CT molecular complexity index is 336. The number of rotatable bonds is 5. The predicted octanol–water partition coefficient (Wildman–Crippen LogP) is 0.806. The molecule has 0 aliphatic carbocycles. The maximum atomic E-state index is 5.58. The first-order valence-electron chi connectivity index (χ1n) is 5.58. The van der Waals surface area contributed by atoms with Crippen molar-refractivity contribution in [2.24, 2.45) is 7.05 Å². The van der Waals surface area contributed by atoms with Crippen molar-refractivity contribution >= 4 is 11.8 Å². The first-order valence-corrected chi connectivity index (χ1v) is 6.57. The van der Waals surface area contributed by atoms with Crippen LogP contribution in [-0.4, -0.2) is 40.3 Å². The zero-order chi connectivity index (χ0) is 11.4. The van der Waals surface area contributed by atoms with E-state index in [0.717, 1.165) is 29.9 Å². The van der Waals surface area contributed by atoms with Crippen molar-refractivity contribution in [3.05, 3.63) is 5.82 Å². The van der Waals surface area contributed by atoms with E-state index in [0.29, 0.717) is 6.10 Å². The monoisotopic (exact) mass is 242 g/mol. The maximum absolute atomic E-state index is 5.58. The number of thioether (sulfide) groups is 1. The molecule has 6 heteroatoms. The molecule has 0 radical (unpaired) electrons. The van der Waals surface area contributed by atoms with Gasteiger partial charge in [-0.05, 0) is 19.9 Å². The van der Waals surface area contributed by atoms with Crippen LogP contribution in [0.5, 0.6) is 0 Å². The summed E-state index contributed by atoms with van der Waals surface area (Å²) in [6, 6.07) is 0. The van der Waals surface area contributed by atoms with Crippen LogP contribution < -0.4 is 5.32 Å². The molecule has 0 amide bonds. The summed E-state index contributed by atoms with van der Waals surface area (Å²) in [5.74, 6) is 1.95. The lowest BCUT2D eigenvalue weighted by Crippen LogP contribution is -2.11. The van der Waals surface area contributed by atoms with Gasteiger partial charge in [-0.1, -0.05) is 11.8 Å². The van der Waals surface area contributed by atoms with Crippen molar-refractivity contribution in [2.45, 2.75) is 30.6 Å². The van der Waals surface area contributed by atoms with E-state index in [1.165, 1.54) is 12.8 Å². The summed E-state index contributed by atoms with van der Waals surface area (Å²) in [5.41, 5.74) is 0. The van der Waals surface area contributed by atoms with Gasteiger partial charge < -0.3 is 14.6 Å². The number of hydrogen-bond donors (Lipinski definition) is 1. The molecule has 1 atom stereocenters. The molecule has 90 valence electrons. The van der Waals surface area contributed by atoms with Gasteiger partial charge in [0, 0.05) is 19.4 Å². The zero-order valence-corrected chi connectivity index (χ0v) is 10.6. The number of nitrogens with one attached hydrogen (secondary N) is 1. The third kappa shape index (κ3) is 2.75. The van der Waals surface area contributed by atoms with Crippen LogP contribution in [0.25, 0.3) is 0 Å². The fourth-order valence-corrected chi connectivity index (χ4v) is 2.72. The van der Waals surface area contributed by atoms with Crippen molar-refractivity contribution in [3.8, 4) is 0 Å². The highest BCUT2D eigenvalue weighted by Gasteiger charge is 2.17. The highest BCUT2D eigenvalue weighted by molar-refractivity contribution is 7.99. The van der Waals surface area contributed by atoms with Gasteiger partial charge in [-0.25, -0.2) is 0 Å². The average Bonchev–Trinajstić information content (AvgIpc) is 2.89. The fourth-order valence-electron chi connectivity index (χ4n) is 1.73. The molecule has 2 heterocycles. The number of ether oxygens (including phenoxy) is 1. The molecular weight excluding hydrogens is 224 g/mol. The Labute approximate surface area is 100.0 Å². The van der Waals surface area contributed by atoms with Crippen LogP contribution in [0.4, 0.5) is 0 Å². The quantitative estimate of drug-likeness (QED) is 0.774. The van der Waals surface area contributed by atoms with Gasteiger partial charge in [-0.2, -0.15) is 0 Å². The van der Waals surface area contributed by atoms with E-state index < -0.39 is 0 Å². The minimum Gasteiger partial charge on any atom is -0.377 e. The Hall–Kier alpha value is -0.590. The molecule has 5 nitrogen and oxygen atoms in total. The van der Waals surface area contributed by atoms with Crippen LogP contribution in [0.2, 0.25) is 0 Å². The van der Waals surface area contributed by atoms with Crippen molar-refractivity contribution in [2.75, 3.05) is 19.4 Å². The SMILES string of the molecule is CNCc1nnc(SCC2CCCO2)n1C. The molecule has 1 aromatic rings. The van der Waals surface area contributed by atoms with Crippen LogP contribution in [0, 0.1) is 0 Å². The van der Waals surface area contributed by atoms with Gasteiger partial charge in [0.2, 0.25) is 0 Å². The molecule has 1 unspecified atom stereocenters. The molecule has 1 aliphatic rings. The fraction of sp³-hybridized carbons (Fsp3) is 0.800. The average molecular weight is 242 g/mol. The lowest BCUT2D eigenvalue weighted by atomic mass is 10.3. The summed E-state index contributed by atoms with van der Waals surface area (Å²) in [6.45, 7) is 1.67. The largest absolute Gasteiger partial charge is 0.377 e. The van der Waals surface area contributed by atoms with Crippen molar-refractivity contribution in [1.82, 2.24) is 20.1 Å². The van der Waals surface area contributed by atoms with Gasteiger partial charge in [0.05, 0.1) is 12.6 Å². The molecule has 16 heavy (non-hydrogen) atoms. The molecule has 0 bridgehead atoms. The summed E-state index contributed by atoms with van der Waals surface area (Å²) in [5, 5.41) is 12.4. The molecular formula is C10H18N4OS. The molecule has 2 rings (SSSR count). The van der Waals surface area contributed by atoms with Gasteiger partial charge >= 0.3 is 0 Å². The third-order valence-electron chi connectivity index (χ3n) is 2.68. The Morgan fingerprint density at radius 1 is 1.56 bits per heavy atom. The van der Waals surface area contributed by atoms with Gasteiger partial charge in [-0.15, -0.1) is 10.2 Å². The van der Waals surface area contributed by atoms with Crippen molar-refractivity contribution in [3.63, 3.8) is 0 Å². The van der Waals surface area contributed by atoms with E-state index in [2.05, 4.69) is 15.5 Å². The third-order valence-corrected chi connectivity index (χ3v) is 3.83. The topological polar surface area (TPSA) is 52.0 Å². The summed E-state index contributed by atoms with van der Waals surface area (Å²) in [7, 11) is 3.92. The molecule has 1 fully saturated rings. The minimum atomic E-state index is 0.398. The van der Waals surface area contributed by atoms with Crippen molar-refractivity contribution in [1.29, 1.82) is 0 Å². The molecule has 1 saturated heterocycles. The van der Waals surface area contributed by atoms with Gasteiger partial charge in [0.15, 0.2) is 5.16 Å². The van der Waals surface area contributed by atoms with E-state index in [-0.39, 0.29) is 0 Å².